The van der Waals surface area contributed by atoms with Crippen molar-refractivity contribution in [1.29, 1.82) is 0 Å². The normalized spacial score (nSPS) is 23.1. The van der Waals surface area contributed by atoms with Gasteiger partial charge in [0.25, 0.3) is 0 Å². The Hall–Kier alpha value is -6.26. The van der Waals surface area contributed by atoms with Gasteiger partial charge in [-0.15, -0.1) is 0 Å². The van der Waals surface area contributed by atoms with Crippen molar-refractivity contribution in [3.05, 3.63) is 226 Å². The molecule has 1 saturated carbocycles. The molecule has 0 radical (unpaired) electrons. The Morgan fingerprint density at radius 1 is 0.452 bits per heavy atom. The number of carbonyl (C=O) groups excluding carboxylic acids is 1. The number of aliphatic hydroxyl groups is 1. The minimum absolute atomic E-state index is 0.0133. The summed E-state index contributed by atoms with van der Waals surface area (Å²) in [5.41, 5.74) is 15.9. The van der Waals surface area contributed by atoms with Crippen LogP contribution in [0.3, 0.4) is 0 Å². The second-order valence-corrected chi connectivity index (χ2v) is 22.1. The van der Waals surface area contributed by atoms with Crippen LogP contribution in [-0.2, 0) is 87.1 Å². The molecule has 6 aromatic carbocycles. The van der Waals surface area contributed by atoms with E-state index < -0.39 is 73.2 Å². The largest absolute Gasteiger partial charge is 0.457 e. The number of unbranched alkanes of at least 4 members (excludes halogenated alkanes) is 12. The van der Waals surface area contributed by atoms with E-state index in [0.29, 0.717) is 6.42 Å². The smallest absolute Gasteiger partial charge is 0.306 e. The molecule has 0 spiro atoms. The number of benzene rings is 6. The summed E-state index contributed by atoms with van der Waals surface area (Å²) < 4.78 is 61.9. The summed E-state index contributed by atoms with van der Waals surface area (Å²) in [4.78, 5) is 17.8. The van der Waals surface area contributed by atoms with Gasteiger partial charge in [-0.2, -0.15) is 0 Å². The van der Waals surface area contributed by atoms with E-state index in [1.54, 1.807) is 0 Å². The molecular formula is C70H87N3O11. The number of rotatable bonds is 37. The van der Waals surface area contributed by atoms with E-state index in [0.717, 1.165) is 52.6 Å². The molecule has 1 heterocycles. The zero-order valence-corrected chi connectivity index (χ0v) is 48.9. The van der Waals surface area contributed by atoms with Gasteiger partial charge in [0.1, 0.15) is 54.9 Å². The first-order chi connectivity index (χ1) is 41.5. The van der Waals surface area contributed by atoms with E-state index in [-0.39, 0.29) is 52.7 Å². The average molecular weight is 1150 g/mol. The van der Waals surface area contributed by atoms with Crippen LogP contribution in [0.4, 0.5) is 0 Å². The lowest BCUT2D eigenvalue weighted by atomic mass is 9.83. The Bertz CT molecular complexity index is 2750. The summed E-state index contributed by atoms with van der Waals surface area (Å²) in [6.07, 6.45) is 3.54. The Morgan fingerprint density at radius 2 is 0.810 bits per heavy atom. The highest BCUT2D eigenvalue weighted by atomic mass is 16.7. The maximum absolute atomic E-state index is 14.5. The summed E-state index contributed by atoms with van der Waals surface area (Å²) in [7, 11) is 0. The van der Waals surface area contributed by atoms with Crippen molar-refractivity contribution < 1.29 is 52.5 Å². The second kappa shape index (κ2) is 36.6. The third kappa shape index (κ3) is 20.8. The first-order valence-corrected chi connectivity index (χ1v) is 30.6. The molecule has 2 aliphatic rings. The third-order valence-electron chi connectivity index (χ3n) is 15.6. The van der Waals surface area contributed by atoms with Crippen molar-refractivity contribution in [2.75, 3.05) is 6.61 Å². The molecule has 0 amide bonds. The van der Waals surface area contributed by atoms with Crippen LogP contribution >= 0.6 is 0 Å². The van der Waals surface area contributed by atoms with Crippen LogP contribution in [0.5, 0.6) is 0 Å². The van der Waals surface area contributed by atoms with E-state index in [1.807, 2.05) is 182 Å². The van der Waals surface area contributed by atoms with Gasteiger partial charge in [0.15, 0.2) is 12.4 Å². The summed E-state index contributed by atoms with van der Waals surface area (Å²) in [5.74, 6) is -0.509. The van der Waals surface area contributed by atoms with Crippen molar-refractivity contribution >= 4 is 5.97 Å². The minimum atomic E-state index is -1.52. The van der Waals surface area contributed by atoms with Gasteiger partial charge in [-0.05, 0) is 45.3 Å². The Kier molecular flexibility index (Phi) is 27.7. The van der Waals surface area contributed by atoms with E-state index in [1.165, 1.54) is 57.8 Å². The summed E-state index contributed by atoms with van der Waals surface area (Å²) in [6, 6.07) is 57.2. The number of ether oxygens (including phenoxy) is 9. The van der Waals surface area contributed by atoms with Crippen molar-refractivity contribution in [2.45, 2.75) is 204 Å². The van der Waals surface area contributed by atoms with Crippen molar-refractivity contribution in [3.8, 4) is 0 Å². The molecule has 14 heteroatoms. The molecule has 84 heavy (non-hydrogen) atoms. The van der Waals surface area contributed by atoms with Crippen LogP contribution in [0.15, 0.2) is 187 Å². The highest BCUT2D eigenvalue weighted by Crippen LogP contribution is 2.39. The lowest BCUT2D eigenvalue weighted by Crippen LogP contribution is -2.69. The van der Waals surface area contributed by atoms with Gasteiger partial charge in [0, 0.05) is 11.3 Å². The molecule has 14 nitrogen and oxygen atoms in total. The van der Waals surface area contributed by atoms with Crippen LogP contribution in [-0.4, -0.2) is 85.0 Å². The predicted octanol–water partition coefficient (Wildman–Crippen LogP) is 14.7. The molecule has 8 rings (SSSR count). The molecule has 6 aromatic rings. The van der Waals surface area contributed by atoms with Crippen LogP contribution in [0, 0.1) is 0 Å². The monoisotopic (exact) mass is 1150 g/mol. The van der Waals surface area contributed by atoms with Crippen LogP contribution < -0.4 is 0 Å². The molecule has 1 aliphatic heterocycles. The molecule has 0 bridgehead atoms. The zero-order chi connectivity index (χ0) is 58.2. The van der Waals surface area contributed by atoms with E-state index in [4.69, 9.17) is 42.6 Å². The number of hydrogen-bond acceptors (Lipinski definition) is 12. The minimum Gasteiger partial charge on any atom is -0.457 e. The van der Waals surface area contributed by atoms with Gasteiger partial charge < -0.3 is 47.7 Å². The molecule has 1 saturated heterocycles. The molecule has 4 unspecified atom stereocenters. The standard InChI is InChI=1S/C70H87N3O11/c1-2-3-4-5-6-7-8-9-10-11-12-13-32-45-60(74)83-66-62(75)65(79-49-56-39-26-17-27-40-56)67(80-50-57-41-28-18-29-42-57)68(81-51-58-43-30-19-31-44-58)69(66)84-70-61(72-73-71)64(78-48-55-37-24-16-25-38-55)63(77-47-54-35-22-15-23-36-54)59(82-70)52-76-46-53-33-20-14-21-34-53/h14-31,33-44,59,61-70,75H,2-13,32,45-52H2,1H3/t59?,61?,62-,63+,64-,65?,66-,67-,68-,69?,70+/m0/s1. The number of aliphatic hydroxyl groups excluding tert-OH is 1. The van der Waals surface area contributed by atoms with Crippen molar-refractivity contribution in [2.24, 2.45) is 5.11 Å². The first kappa shape index (κ1) is 63.8. The fourth-order valence-electron chi connectivity index (χ4n) is 11.1. The van der Waals surface area contributed by atoms with Crippen LogP contribution in [0.2, 0.25) is 0 Å². The quantitative estimate of drug-likeness (QED) is 0.0129. The number of carbonyl (C=O) groups is 1. The van der Waals surface area contributed by atoms with Gasteiger partial charge in [0.2, 0.25) is 0 Å². The highest BCUT2D eigenvalue weighted by Gasteiger charge is 2.58. The summed E-state index contributed by atoms with van der Waals surface area (Å²) >= 11 is 0. The van der Waals surface area contributed by atoms with Crippen molar-refractivity contribution in [1.82, 2.24) is 0 Å². The van der Waals surface area contributed by atoms with Gasteiger partial charge in [-0.1, -0.05) is 271 Å². The number of azide groups is 1. The Labute approximate surface area is 497 Å². The van der Waals surface area contributed by atoms with Gasteiger partial charge in [0.05, 0.1) is 46.2 Å². The third-order valence-corrected chi connectivity index (χ3v) is 15.6. The summed E-state index contributed by atoms with van der Waals surface area (Å²) in [5, 5.41) is 17.4. The molecule has 11 atom stereocenters. The predicted molar refractivity (Wildman–Crippen MR) is 324 cm³/mol. The van der Waals surface area contributed by atoms with E-state index in [9.17, 15) is 15.4 Å². The lowest BCUT2D eigenvalue weighted by molar-refractivity contribution is -0.336. The van der Waals surface area contributed by atoms with E-state index in [2.05, 4.69) is 16.9 Å². The topological polar surface area (TPSA) is 169 Å². The fourth-order valence-corrected chi connectivity index (χ4v) is 11.1. The zero-order valence-electron chi connectivity index (χ0n) is 48.9. The van der Waals surface area contributed by atoms with Crippen LogP contribution in [0.25, 0.3) is 10.4 Å². The van der Waals surface area contributed by atoms with E-state index >= 15 is 0 Å². The maximum Gasteiger partial charge on any atom is 0.306 e. The molecule has 1 aliphatic carbocycles. The second-order valence-electron chi connectivity index (χ2n) is 22.1. The SMILES string of the molecule is CCCCCCCCCCCCCCCC(=O)O[C@@H]1C(O[C@H]2OC(COCc3ccccc3)[C@@H](OCc3ccccc3)[C@@H](OCc3ccccc3)C2N=[N+]=[N-])[C@@H](OCc2ccccc2)[C@@H](OCc2ccccc2)C(OCc2ccccc2)[C@@H]1O. The first-order valence-electron chi connectivity index (χ1n) is 30.6. The highest BCUT2D eigenvalue weighted by molar-refractivity contribution is 5.69. The molecule has 448 valence electrons. The van der Waals surface area contributed by atoms with Crippen LogP contribution in [0.1, 0.15) is 130 Å². The van der Waals surface area contributed by atoms with Crippen molar-refractivity contribution in [3.63, 3.8) is 0 Å². The summed E-state index contributed by atoms with van der Waals surface area (Å²) in [6.45, 7) is 3.12. The average Bonchev–Trinajstić information content (AvgIpc) is 1.70. The number of esters is 1. The van der Waals surface area contributed by atoms with Gasteiger partial charge in [-0.3, -0.25) is 4.79 Å². The fraction of sp³-hybridized carbons (Fsp3) is 0.471. The number of nitrogens with zero attached hydrogens (tertiary/aromatic N) is 3. The molecule has 0 aromatic heterocycles. The van der Waals surface area contributed by atoms with Gasteiger partial charge in [-0.25, -0.2) is 0 Å². The Balaban J connectivity index is 1.13. The lowest BCUT2D eigenvalue weighted by Gasteiger charge is -2.51. The van der Waals surface area contributed by atoms with Gasteiger partial charge >= 0.3 is 5.97 Å². The number of hydrogen-bond donors (Lipinski definition) is 1. The molecule has 1 N–H and O–H groups in total. The molecular weight excluding hydrogens is 1060 g/mol. The molecule has 2 fully saturated rings. The maximum atomic E-state index is 14.5. The Morgan fingerprint density at radius 3 is 1.23 bits per heavy atom.